The van der Waals surface area contributed by atoms with E-state index in [4.69, 9.17) is 4.98 Å². The molecule has 0 amide bonds. The fraction of sp³-hybridized carbons (Fsp3) is 0.353. The van der Waals surface area contributed by atoms with Gasteiger partial charge in [0.05, 0.1) is 12.2 Å². The van der Waals surface area contributed by atoms with Gasteiger partial charge in [-0.3, -0.25) is 4.79 Å². The Labute approximate surface area is 141 Å². The molecule has 0 spiro atoms. The summed E-state index contributed by atoms with van der Waals surface area (Å²) in [6.45, 7) is 0. The van der Waals surface area contributed by atoms with E-state index in [1.807, 2.05) is 28.9 Å². The lowest BCUT2D eigenvalue weighted by atomic mass is 10.1. The minimum absolute atomic E-state index is 0.107. The topological polar surface area (TPSA) is 63.6 Å². The molecule has 0 aliphatic heterocycles. The monoisotopic (exact) mass is 372 g/mol. The lowest BCUT2D eigenvalue weighted by molar-refractivity contribution is 0.478. The standard InChI is InChI=1S/C17H17BrN4O/c18-12-5-3-4-11(8-12)9-15-20-16-14(17(23)21-15)10-19-22(16)13-6-1-2-7-13/h3-5,8,10,13H,1-2,6-7,9H2,(H,20,21,23). The van der Waals surface area contributed by atoms with Crippen molar-refractivity contribution < 1.29 is 0 Å². The minimum atomic E-state index is -0.107. The minimum Gasteiger partial charge on any atom is -0.310 e. The molecule has 1 saturated carbocycles. The zero-order valence-electron chi connectivity index (χ0n) is 12.6. The first kappa shape index (κ1) is 14.6. The van der Waals surface area contributed by atoms with Gasteiger partial charge in [0.2, 0.25) is 0 Å². The zero-order chi connectivity index (χ0) is 15.8. The van der Waals surface area contributed by atoms with E-state index in [2.05, 4.69) is 26.0 Å². The van der Waals surface area contributed by atoms with Crippen LogP contribution in [0.25, 0.3) is 11.0 Å². The molecule has 1 aliphatic rings. The van der Waals surface area contributed by atoms with Gasteiger partial charge in [-0.1, -0.05) is 40.9 Å². The smallest absolute Gasteiger partial charge is 0.262 e. The molecule has 0 bridgehead atoms. The van der Waals surface area contributed by atoms with Crippen LogP contribution in [0.3, 0.4) is 0 Å². The van der Waals surface area contributed by atoms with Crippen molar-refractivity contribution in [3.63, 3.8) is 0 Å². The Kier molecular flexibility index (Phi) is 3.77. The fourth-order valence-corrected chi connectivity index (χ4v) is 3.77. The molecule has 118 valence electrons. The molecular weight excluding hydrogens is 356 g/mol. The van der Waals surface area contributed by atoms with Gasteiger partial charge in [0.15, 0.2) is 5.65 Å². The summed E-state index contributed by atoms with van der Waals surface area (Å²) >= 11 is 3.47. The molecule has 1 fully saturated rings. The summed E-state index contributed by atoms with van der Waals surface area (Å²) in [5.41, 5.74) is 1.71. The van der Waals surface area contributed by atoms with E-state index in [0.29, 0.717) is 29.3 Å². The van der Waals surface area contributed by atoms with Gasteiger partial charge in [-0.15, -0.1) is 0 Å². The molecule has 4 rings (SSSR count). The number of aromatic amines is 1. The SMILES string of the molecule is O=c1[nH]c(Cc2cccc(Br)c2)nc2c1cnn2C1CCCC1. The van der Waals surface area contributed by atoms with Gasteiger partial charge in [-0.25, -0.2) is 9.67 Å². The van der Waals surface area contributed by atoms with Gasteiger partial charge < -0.3 is 4.98 Å². The first-order valence-electron chi connectivity index (χ1n) is 7.91. The van der Waals surface area contributed by atoms with Crippen LogP contribution in [-0.2, 0) is 6.42 Å². The number of aromatic nitrogens is 4. The average molecular weight is 373 g/mol. The third-order valence-corrected chi connectivity index (χ3v) is 4.94. The van der Waals surface area contributed by atoms with E-state index in [-0.39, 0.29) is 5.56 Å². The van der Waals surface area contributed by atoms with E-state index in [1.54, 1.807) is 6.20 Å². The van der Waals surface area contributed by atoms with Crippen LogP contribution < -0.4 is 5.56 Å². The van der Waals surface area contributed by atoms with Crippen LogP contribution in [0.1, 0.15) is 43.1 Å². The third kappa shape index (κ3) is 2.83. The molecule has 5 nitrogen and oxygen atoms in total. The van der Waals surface area contributed by atoms with Gasteiger partial charge in [-0.05, 0) is 30.5 Å². The summed E-state index contributed by atoms with van der Waals surface area (Å²) < 4.78 is 2.97. The predicted octanol–water partition coefficient (Wildman–Crippen LogP) is 3.59. The Morgan fingerprint density at radius 1 is 1.30 bits per heavy atom. The zero-order valence-corrected chi connectivity index (χ0v) is 14.2. The van der Waals surface area contributed by atoms with Crippen molar-refractivity contribution >= 4 is 27.0 Å². The highest BCUT2D eigenvalue weighted by Gasteiger charge is 2.21. The molecule has 3 aromatic rings. The molecule has 1 aromatic carbocycles. The van der Waals surface area contributed by atoms with Crippen molar-refractivity contribution in [2.75, 3.05) is 0 Å². The highest BCUT2D eigenvalue weighted by Crippen LogP contribution is 2.30. The molecule has 6 heteroatoms. The molecule has 23 heavy (non-hydrogen) atoms. The Morgan fingerprint density at radius 2 is 2.13 bits per heavy atom. The Balaban J connectivity index is 1.75. The van der Waals surface area contributed by atoms with E-state index in [9.17, 15) is 4.79 Å². The van der Waals surface area contributed by atoms with Crippen LogP contribution >= 0.6 is 15.9 Å². The molecular formula is C17H17BrN4O. The van der Waals surface area contributed by atoms with Crippen LogP contribution in [0.15, 0.2) is 39.7 Å². The number of fused-ring (bicyclic) bond motifs is 1. The first-order valence-corrected chi connectivity index (χ1v) is 8.71. The van der Waals surface area contributed by atoms with Crippen molar-refractivity contribution in [3.8, 4) is 0 Å². The summed E-state index contributed by atoms with van der Waals surface area (Å²) in [6.07, 6.45) is 6.92. The number of halogens is 1. The number of rotatable bonds is 3. The molecule has 0 atom stereocenters. The maximum absolute atomic E-state index is 12.3. The summed E-state index contributed by atoms with van der Waals surface area (Å²) in [4.78, 5) is 19.9. The maximum atomic E-state index is 12.3. The molecule has 0 unspecified atom stereocenters. The lowest BCUT2D eigenvalue weighted by Gasteiger charge is -2.11. The van der Waals surface area contributed by atoms with Crippen molar-refractivity contribution in [3.05, 3.63) is 56.7 Å². The van der Waals surface area contributed by atoms with Crippen molar-refractivity contribution in [2.24, 2.45) is 0 Å². The second kappa shape index (κ2) is 5.92. The lowest BCUT2D eigenvalue weighted by Crippen LogP contribution is -2.14. The number of H-pyrrole nitrogens is 1. The summed E-state index contributed by atoms with van der Waals surface area (Å²) in [6, 6.07) is 8.42. The quantitative estimate of drug-likeness (QED) is 0.763. The van der Waals surface area contributed by atoms with Crippen molar-refractivity contribution in [2.45, 2.75) is 38.1 Å². The summed E-state index contributed by atoms with van der Waals surface area (Å²) in [7, 11) is 0. The van der Waals surface area contributed by atoms with Crippen LogP contribution in [0.2, 0.25) is 0 Å². The third-order valence-electron chi connectivity index (χ3n) is 4.44. The normalized spacial score (nSPS) is 15.5. The predicted molar refractivity (Wildman–Crippen MR) is 92.6 cm³/mol. The van der Waals surface area contributed by atoms with Gasteiger partial charge in [0, 0.05) is 10.9 Å². The van der Waals surface area contributed by atoms with E-state index < -0.39 is 0 Å². The average Bonchev–Trinajstić information content (AvgIpc) is 3.15. The number of hydrogen-bond donors (Lipinski definition) is 1. The van der Waals surface area contributed by atoms with E-state index in [0.717, 1.165) is 22.9 Å². The second-order valence-corrected chi connectivity index (χ2v) is 7.00. The Bertz CT molecular complexity index is 908. The van der Waals surface area contributed by atoms with E-state index >= 15 is 0 Å². The van der Waals surface area contributed by atoms with Gasteiger partial charge in [0.25, 0.3) is 5.56 Å². The molecule has 1 aliphatic carbocycles. The number of nitrogens with zero attached hydrogens (tertiary/aromatic N) is 3. The van der Waals surface area contributed by atoms with E-state index in [1.165, 1.54) is 12.8 Å². The number of nitrogens with one attached hydrogen (secondary N) is 1. The fourth-order valence-electron chi connectivity index (χ4n) is 3.32. The summed E-state index contributed by atoms with van der Waals surface area (Å²) in [5.74, 6) is 0.681. The molecule has 2 aromatic heterocycles. The molecule has 2 heterocycles. The number of benzene rings is 1. The Morgan fingerprint density at radius 3 is 2.91 bits per heavy atom. The summed E-state index contributed by atoms with van der Waals surface area (Å²) in [5, 5.41) is 5.01. The first-order chi connectivity index (χ1) is 11.2. The van der Waals surface area contributed by atoms with Crippen molar-refractivity contribution in [1.29, 1.82) is 0 Å². The maximum Gasteiger partial charge on any atom is 0.262 e. The van der Waals surface area contributed by atoms with Crippen molar-refractivity contribution in [1.82, 2.24) is 19.7 Å². The highest BCUT2D eigenvalue weighted by molar-refractivity contribution is 9.10. The van der Waals surface area contributed by atoms with Crippen LogP contribution in [0.5, 0.6) is 0 Å². The van der Waals surface area contributed by atoms with Gasteiger partial charge >= 0.3 is 0 Å². The largest absolute Gasteiger partial charge is 0.310 e. The van der Waals surface area contributed by atoms with Gasteiger partial charge in [0.1, 0.15) is 11.2 Å². The second-order valence-electron chi connectivity index (χ2n) is 6.08. The molecule has 0 saturated heterocycles. The molecule has 0 radical (unpaired) electrons. The number of hydrogen-bond acceptors (Lipinski definition) is 3. The highest BCUT2D eigenvalue weighted by atomic mass is 79.9. The van der Waals surface area contributed by atoms with Crippen LogP contribution in [0, 0.1) is 0 Å². The van der Waals surface area contributed by atoms with Gasteiger partial charge in [-0.2, -0.15) is 5.10 Å². The molecule has 1 N–H and O–H groups in total. The van der Waals surface area contributed by atoms with Crippen LogP contribution in [0.4, 0.5) is 0 Å². The Hall–Kier alpha value is -1.95. The van der Waals surface area contributed by atoms with Crippen LogP contribution in [-0.4, -0.2) is 19.7 Å².